The summed E-state index contributed by atoms with van der Waals surface area (Å²) in [5.74, 6) is 1.01. The molecule has 3 rings (SSSR count). The molecule has 1 aromatic carbocycles. The summed E-state index contributed by atoms with van der Waals surface area (Å²) in [4.78, 5) is 24.1. The van der Waals surface area contributed by atoms with E-state index in [1.807, 2.05) is 17.0 Å². The molecule has 1 aromatic heterocycles. The molecule has 2 heterocycles. The van der Waals surface area contributed by atoms with E-state index in [2.05, 4.69) is 46.6 Å². The molecule has 6 nitrogen and oxygen atoms in total. The van der Waals surface area contributed by atoms with E-state index in [4.69, 9.17) is 0 Å². The van der Waals surface area contributed by atoms with E-state index in [-0.39, 0.29) is 5.91 Å². The zero-order chi connectivity index (χ0) is 19.9. The van der Waals surface area contributed by atoms with Crippen molar-refractivity contribution >= 4 is 28.9 Å². The lowest BCUT2D eigenvalue weighted by Crippen LogP contribution is -2.38. The standard InChI is InChI=1S/C21H29N5OS/c1-15-16(2)28-19(25-15)11-12-23-21(22-3)24-14-17-7-9-18(10-8-17)26-13-5-4-6-20(26)27/h7-10H,4-6,11-14H2,1-3H3,(H2,22,23,24). The van der Waals surface area contributed by atoms with E-state index in [1.165, 1.54) is 4.88 Å². The summed E-state index contributed by atoms with van der Waals surface area (Å²) in [6, 6.07) is 8.20. The van der Waals surface area contributed by atoms with Crippen LogP contribution in [0.1, 0.15) is 40.4 Å². The quantitative estimate of drug-likeness (QED) is 0.578. The Morgan fingerprint density at radius 1 is 1.21 bits per heavy atom. The number of nitrogens with zero attached hydrogens (tertiary/aromatic N) is 3. The predicted molar refractivity (Wildman–Crippen MR) is 116 cm³/mol. The van der Waals surface area contributed by atoms with Gasteiger partial charge in [-0.15, -0.1) is 11.3 Å². The van der Waals surface area contributed by atoms with E-state index in [0.717, 1.165) is 60.3 Å². The highest BCUT2D eigenvalue weighted by Crippen LogP contribution is 2.21. The number of rotatable bonds is 6. The van der Waals surface area contributed by atoms with Gasteiger partial charge in [0.1, 0.15) is 0 Å². The Labute approximate surface area is 171 Å². The van der Waals surface area contributed by atoms with Gasteiger partial charge in [0.15, 0.2) is 5.96 Å². The number of aliphatic imine (C=N–C) groups is 1. The van der Waals surface area contributed by atoms with Gasteiger partial charge in [-0.3, -0.25) is 9.79 Å². The van der Waals surface area contributed by atoms with Crippen LogP contribution >= 0.6 is 11.3 Å². The normalized spacial score (nSPS) is 15.0. The van der Waals surface area contributed by atoms with Gasteiger partial charge in [0, 0.05) is 50.1 Å². The number of carbonyl (C=O) groups is 1. The van der Waals surface area contributed by atoms with Gasteiger partial charge in [0.2, 0.25) is 5.91 Å². The van der Waals surface area contributed by atoms with Crippen LogP contribution in [-0.4, -0.2) is 37.0 Å². The number of carbonyl (C=O) groups excluding carboxylic acids is 1. The number of benzene rings is 1. The van der Waals surface area contributed by atoms with E-state index >= 15 is 0 Å². The fourth-order valence-corrected chi connectivity index (χ4v) is 4.15. The van der Waals surface area contributed by atoms with Crippen molar-refractivity contribution in [3.05, 3.63) is 45.4 Å². The maximum atomic E-state index is 12.0. The molecule has 0 unspecified atom stereocenters. The molecule has 0 radical (unpaired) electrons. The van der Waals surface area contributed by atoms with Crippen LogP contribution in [0.4, 0.5) is 5.69 Å². The van der Waals surface area contributed by atoms with Gasteiger partial charge in [-0.2, -0.15) is 0 Å². The maximum absolute atomic E-state index is 12.0. The summed E-state index contributed by atoms with van der Waals surface area (Å²) in [6.45, 7) is 6.46. The average molecular weight is 400 g/mol. The van der Waals surface area contributed by atoms with Crippen molar-refractivity contribution in [1.82, 2.24) is 15.6 Å². The van der Waals surface area contributed by atoms with Gasteiger partial charge in [-0.25, -0.2) is 4.98 Å². The Morgan fingerprint density at radius 3 is 2.64 bits per heavy atom. The summed E-state index contributed by atoms with van der Waals surface area (Å²) < 4.78 is 0. The number of anilines is 1. The molecule has 2 aromatic rings. The highest BCUT2D eigenvalue weighted by Gasteiger charge is 2.19. The average Bonchev–Trinajstić information content (AvgIpc) is 3.03. The van der Waals surface area contributed by atoms with E-state index in [1.54, 1.807) is 18.4 Å². The second-order valence-corrected chi connectivity index (χ2v) is 8.31. The van der Waals surface area contributed by atoms with Crippen LogP contribution in [0.5, 0.6) is 0 Å². The van der Waals surface area contributed by atoms with E-state index in [0.29, 0.717) is 13.0 Å². The number of nitrogens with one attached hydrogen (secondary N) is 2. The number of piperidine rings is 1. The molecule has 0 spiro atoms. The van der Waals surface area contributed by atoms with Gasteiger partial charge in [-0.1, -0.05) is 12.1 Å². The molecule has 0 bridgehead atoms. The molecule has 1 aliphatic rings. The van der Waals surface area contributed by atoms with Crippen LogP contribution in [-0.2, 0) is 17.8 Å². The molecule has 1 amide bonds. The summed E-state index contributed by atoms with van der Waals surface area (Å²) in [7, 11) is 1.78. The molecular formula is C21H29N5OS. The summed E-state index contributed by atoms with van der Waals surface area (Å²) in [5, 5.41) is 7.83. The third-order valence-corrected chi connectivity index (χ3v) is 6.09. The molecular weight excluding hydrogens is 370 g/mol. The zero-order valence-corrected chi connectivity index (χ0v) is 17.7. The lowest BCUT2D eigenvalue weighted by Gasteiger charge is -2.26. The third kappa shape index (κ3) is 5.32. The molecule has 2 N–H and O–H groups in total. The highest BCUT2D eigenvalue weighted by atomic mass is 32.1. The Morgan fingerprint density at radius 2 is 2.00 bits per heavy atom. The van der Waals surface area contributed by atoms with Crippen molar-refractivity contribution in [2.45, 2.75) is 46.1 Å². The molecule has 1 saturated heterocycles. The number of guanidine groups is 1. The van der Waals surface area contributed by atoms with Crippen LogP contribution in [0.25, 0.3) is 0 Å². The van der Waals surface area contributed by atoms with Crippen LogP contribution in [0.2, 0.25) is 0 Å². The second kappa shape index (κ2) is 9.68. The molecule has 0 saturated carbocycles. The Bertz CT molecular complexity index is 808. The van der Waals surface area contributed by atoms with Crippen LogP contribution in [0.15, 0.2) is 29.3 Å². The number of amides is 1. The molecule has 1 fully saturated rings. The third-order valence-electron chi connectivity index (χ3n) is 4.96. The van der Waals surface area contributed by atoms with Gasteiger partial charge in [0.25, 0.3) is 0 Å². The van der Waals surface area contributed by atoms with Crippen molar-refractivity contribution in [3.8, 4) is 0 Å². The maximum Gasteiger partial charge on any atom is 0.226 e. The smallest absolute Gasteiger partial charge is 0.226 e. The fourth-order valence-electron chi connectivity index (χ4n) is 3.21. The minimum absolute atomic E-state index is 0.229. The molecule has 0 atom stereocenters. The first-order valence-corrected chi connectivity index (χ1v) is 10.6. The molecule has 0 aliphatic carbocycles. The Kier molecular flexibility index (Phi) is 7.03. The van der Waals surface area contributed by atoms with Gasteiger partial charge >= 0.3 is 0 Å². The largest absolute Gasteiger partial charge is 0.356 e. The van der Waals surface area contributed by atoms with Crippen molar-refractivity contribution in [1.29, 1.82) is 0 Å². The van der Waals surface area contributed by atoms with Crippen molar-refractivity contribution in [2.24, 2.45) is 4.99 Å². The summed E-state index contributed by atoms with van der Waals surface area (Å²) >= 11 is 1.76. The second-order valence-electron chi connectivity index (χ2n) is 7.02. The first-order valence-electron chi connectivity index (χ1n) is 9.83. The predicted octanol–water partition coefficient (Wildman–Crippen LogP) is 3.18. The van der Waals surface area contributed by atoms with Gasteiger partial charge < -0.3 is 15.5 Å². The fraction of sp³-hybridized carbons (Fsp3) is 0.476. The molecule has 1 aliphatic heterocycles. The zero-order valence-electron chi connectivity index (χ0n) is 16.9. The molecule has 150 valence electrons. The van der Waals surface area contributed by atoms with Crippen molar-refractivity contribution in [2.75, 3.05) is 25.0 Å². The number of aryl methyl sites for hydroxylation is 2. The van der Waals surface area contributed by atoms with Crippen LogP contribution in [0, 0.1) is 13.8 Å². The minimum Gasteiger partial charge on any atom is -0.356 e. The van der Waals surface area contributed by atoms with Crippen molar-refractivity contribution < 1.29 is 4.79 Å². The Hall–Kier alpha value is -2.41. The minimum atomic E-state index is 0.229. The van der Waals surface area contributed by atoms with Crippen LogP contribution < -0.4 is 15.5 Å². The molecule has 7 heteroatoms. The van der Waals surface area contributed by atoms with E-state index in [9.17, 15) is 4.79 Å². The first-order chi connectivity index (χ1) is 13.6. The first kappa shape index (κ1) is 20.3. The van der Waals surface area contributed by atoms with Gasteiger partial charge in [-0.05, 0) is 44.4 Å². The summed E-state index contributed by atoms with van der Waals surface area (Å²) in [5.41, 5.74) is 3.27. The monoisotopic (exact) mass is 399 g/mol. The topological polar surface area (TPSA) is 69.6 Å². The number of thiazole rings is 1. The lowest BCUT2D eigenvalue weighted by molar-refractivity contribution is -0.119. The number of hydrogen-bond donors (Lipinski definition) is 2. The summed E-state index contributed by atoms with van der Waals surface area (Å²) in [6.07, 6.45) is 3.63. The highest BCUT2D eigenvalue weighted by molar-refractivity contribution is 7.11. The number of hydrogen-bond acceptors (Lipinski definition) is 4. The SMILES string of the molecule is CN=C(NCCc1nc(C)c(C)s1)NCc1ccc(N2CCCCC2=O)cc1. The van der Waals surface area contributed by atoms with Crippen molar-refractivity contribution in [3.63, 3.8) is 0 Å². The molecule has 28 heavy (non-hydrogen) atoms. The lowest BCUT2D eigenvalue weighted by atomic mass is 10.1. The number of aromatic nitrogens is 1. The Balaban J connectivity index is 1.46. The van der Waals surface area contributed by atoms with E-state index < -0.39 is 0 Å². The van der Waals surface area contributed by atoms with Crippen LogP contribution in [0.3, 0.4) is 0 Å². The van der Waals surface area contributed by atoms with Gasteiger partial charge in [0.05, 0.1) is 10.7 Å².